The van der Waals surface area contributed by atoms with Crippen molar-refractivity contribution >= 4 is 46.4 Å². The predicted octanol–water partition coefficient (Wildman–Crippen LogP) is 3.52. The second-order valence-electron chi connectivity index (χ2n) is 6.00. The standard InChI is InChI=1S/C19H21Cl2N3O4/c1-24(10-18(25)22-12-4-5-16(20)17(21)8-12)11-19(26)23-13-6-14(27-2)9-15(7-13)28-3/h4-9H,10-11H2,1-3H3,(H,22,25)(H,23,26). The molecular formula is C19H21Cl2N3O4. The van der Waals surface area contributed by atoms with Gasteiger partial charge >= 0.3 is 0 Å². The summed E-state index contributed by atoms with van der Waals surface area (Å²) >= 11 is 11.8. The average Bonchev–Trinajstić information content (AvgIpc) is 2.63. The van der Waals surface area contributed by atoms with Gasteiger partial charge in [0.05, 0.1) is 37.4 Å². The second kappa shape index (κ2) is 10.2. The summed E-state index contributed by atoms with van der Waals surface area (Å²) in [5, 5.41) is 6.21. The molecule has 0 bridgehead atoms. The van der Waals surface area contributed by atoms with Crippen LogP contribution in [0, 0.1) is 0 Å². The maximum atomic E-state index is 12.2. The van der Waals surface area contributed by atoms with Gasteiger partial charge in [-0.15, -0.1) is 0 Å². The SMILES string of the molecule is COc1cc(NC(=O)CN(C)CC(=O)Nc2ccc(Cl)c(Cl)c2)cc(OC)c1. The molecule has 2 aromatic carbocycles. The molecule has 150 valence electrons. The van der Waals surface area contributed by atoms with Crippen LogP contribution < -0.4 is 20.1 Å². The van der Waals surface area contributed by atoms with Crippen molar-refractivity contribution in [3.63, 3.8) is 0 Å². The molecule has 0 aliphatic rings. The highest BCUT2D eigenvalue weighted by molar-refractivity contribution is 6.42. The van der Waals surface area contributed by atoms with Gasteiger partial charge in [0.2, 0.25) is 11.8 Å². The molecule has 2 aromatic rings. The van der Waals surface area contributed by atoms with Crippen molar-refractivity contribution in [3.8, 4) is 11.5 Å². The lowest BCUT2D eigenvalue weighted by atomic mass is 10.2. The van der Waals surface area contributed by atoms with Crippen molar-refractivity contribution in [2.75, 3.05) is 45.0 Å². The Labute approximate surface area is 173 Å². The number of carbonyl (C=O) groups excluding carboxylic acids is 2. The zero-order valence-electron chi connectivity index (χ0n) is 15.7. The molecule has 0 unspecified atom stereocenters. The molecule has 9 heteroatoms. The molecule has 0 saturated carbocycles. The van der Waals surface area contributed by atoms with E-state index in [9.17, 15) is 9.59 Å². The van der Waals surface area contributed by atoms with Crippen molar-refractivity contribution < 1.29 is 19.1 Å². The third-order valence-corrected chi connectivity index (χ3v) is 4.40. The molecule has 0 atom stereocenters. The van der Waals surface area contributed by atoms with E-state index < -0.39 is 0 Å². The van der Waals surface area contributed by atoms with Crippen LogP contribution in [0.3, 0.4) is 0 Å². The van der Waals surface area contributed by atoms with Crippen molar-refractivity contribution in [1.82, 2.24) is 4.90 Å². The smallest absolute Gasteiger partial charge is 0.238 e. The van der Waals surface area contributed by atoms with Gasteiger partial charge in [0.15, 0.2) is 0 Å². The average molecular weight is 426 g/mol. The molecule has 0 aromatic heterocycles. The number of rotatable bonds is 8. The fraction of sp³-hybridized carbons (Fsp3) is 0.263. The van der Waals surface area contributed by atoms with Crippen LogP contribution in [0.4, 0.5) is 11.4 Å². The topological polar surface area (TPSA) is 79.9 Å². The number of nitrogens with one attached hydrogen (secondary N) is 2. The summed E-state index contributed by atoms with van der Waals surface area (Å²) in [6, 6.07) is 9.86. The van der Waals surface area contributed by atoms with Gasteiger partial charge in [-0.1, -0.05) is 23.2 Å². The number of halogens is 2. The van der Waals surface area contributed by atoms with Crippen LogP contribution in [0.15, 0.2) is 36.4 Å². The molecule has 7 nitrogen and oxygen atoms in total. The van der Waals surface area contributed by atoms with Crippen LogP contribution in [0.5, 0.6) is 11.5 Å². The van der Waals surface area contributed by atoms with Crippen molar-refractivity contribution in [1.29, 1.82) is 0 Å². The van der Waals surface area contributed by atoms with Gasteiger partial charge in [-0.05, 0) is 25.2 Å². The van der Waals surface area contributed by atoms with Crippen LogP contribution in [-0.4, -0.2) is 51.1 Å². The molecule has 0 saturated heterocycles. The summed E-state index contributed by atoms with van der Waals surface area (Å²) in [7, 11) is 4.72. The van der Waals surface area contributed by atoms with Crippen molar-refractivity contribution in [3.05, 3.63) is 46.4 Å². The highest BCUT2D eigenvalue weighted by Gasteiger charge is 2.13. The third kappa shape index (κ3) is 6.60. The van der Waals surface area contributed by atoms with Gasteiger partial charge in [-0.3, -0.25) is 14.5 Å². The monoisotopic (exact) mass is 425 g/mol. The molecule has 0 radical (unpaired) electrons. The van der Waals surface area contributed by atoms with E-state index in [1.54, 1.807) is 48.3 Å². The van der Waals surface area contributed by atoms with Gasteiger partial charge in [0.25, 0.3) is 0 Å². The van der Waals surface area contributed by atoms with Crippen LogP contribution in [0.2, 0.25) is 10.0 Å². The van der Waals surface area contributed by atoms with E-state index in [0.717, 1.165) is 0 Å². The number of hydrogen-bond acceptors (Lipinski definition) is 5. The minimum atomic E-state index is -0.281. The van der Waals surface area contributed by atoms with Crippen LogP contribution in [0.1, 0.15) is 0 Å². The minimum absolute atomic E-state index is 0.0221. The maximum Gasteiger partial charge on any atom is 0.238 e. The quantitative estimate of drug-likeness (QED) is 0.676. The molecule has 0 heterocycles. The van der Waals surface area contributed by atoms with Crippen LogP contribution >= 0.6 is 23.2 Å². The van der Waals surface area contributed by atoms with E-state index in [2.05, 4.69) is 10.6 Å². The molecule has 2 N–H and O–H groups in total. The summed E-state index contributed by atoms with van der Waals surface area (Å²) in [5.74, 6) is 0.560. The van der Waals surface area contributed by atoms with E-state index in [-0.39, 0.29) is 24.9 Å². The highest BCUT2D eigenvalue weighted by Crippen LogP contribution is 2.26. The Morgan fingerprint density at radius 2 is 1.39 bits per heavy atom. The lowest BCUT2D eigenvalue weighted by Crippen LogP contribution is -2.36. The first-order valence-electron chi connectivity index (χ1n) is 8.27. The predicted molar refractivity (Wildman–Crippen MR) is 111 cm³/mol. The summed E-state index contributed by atoms with van der Waals surface area (Å²) in [5.41, 5.74) is 1.07. The summed E-state index contributed by atoms with van der Waals surface area (Å²) < 4.78 is 10.3. The Kier molecular flexibility index (Phi) is 7.92. The third-order valence-electron chi connectivity index (χ3n) is 3.67. The second-order valence-corrected chi connectivity index (χ2v) is 6.81. The number of benzene rings is 2. The molecule has 28 heavy (non-hydrogen) atoms. The Morgan fingerprint density at radius 1 is 0.857 bits per heavy atom. The number of methoxy groups -OCH3 is 2. The van der Waals surface area contributed by atoms with Crippen LogP contribution in [-0.2, 0) is 9.59 Å². The van der Waals surface area contributed by atoms with Gasteiger partial charge in [0.1, 0.15) is 11.5 Å². The number of carbonyl (C=O) groups is 2. The Morgan fingerprint density at radius 3 is 1.89 bits per heavy atom. The maximum absolute atomic E-state index is 12.2. The number of ether oxygens (including phenoxy) is 2. The minimum Gasteiger partial charge on any atom is -0.497 e. The van der Waals surface area contributed by atoms with E-state index in [1.807, 2.05) is 0 Å². The molecular weight excluding hydrogens is 405 g/mol. The normalized spacial score (nSPS) is 10.5. The molecule has 0 fully saturated rings. The first-order valence-corrected chi connectivity index (χ1v) is 9.02. The molecule has 2 amide bonds. The lowest BCUT2D eigenvalue weighted by Gasteiger charge is -2.16. The summed E-state index contributed by atoms with van der Waals surface area (Å²) in [4.78, 5) is 26.0. The Hall–Kier alpha value is -2.48. The van der Waals surface area contributed by atoms with E-state index in [0.29, 0.717) is 32.9 Å². The zero-order chi connectivity index (χ0) is 20.7. The van der Waals surface area contributed by atoms with Gasteiger partial charge in [-0.25, -0.2) is 0 Å². The van der Waals surface area contributed by atoms with Gasteiger partial charge in [-0.2, -0.15) is 0 Å². The highest BCUT2D eigenvalue weighted by atomic mass is 35.5. The number of nitrogens with zero attached hydrogens (tertiary/aromatic N) is 1. The Bertz CT molecular complexity index is 839. The Balaban J connectivity index is 1.88. The molecule has 0 aliphatic carbocycles. The zero-order valence-corrected chi connectivity index (χ0v) is 17.2. The van der Waals surface area contributed by atoms with Crippen molar-refractivity contribution in [2.24, 2.45) is 0 Å². The summed E-state index contributed by atoms with van der Waals surface area (Å²) in [6.07, 6.45) is 0. The first-order chi connectivity index (χ1) is 13.3. The molecule has 2 rings (SSSR count). The number of amides is 2. The lowest BCUT2D eigenvalue weighted by molar-refractivity contribution is -0.119. The van der Waals surface area contributed by atoms with Gasteiger partial charge in [0, 0.05) is 29.6 Å². The first kappa shape index (κ1) is 21.8. The van der Waals surface area contributed by atoms with E-state index in [1.165, 1.54) is 14.2 Å². The van der Waals surface area contributed by atoms with Crippen LogP contribution in [0.25, 0.3) is 0 Å². The van der Waals surface area contributed by atoms with Crippen molar-refractivity contribution in [2.45, 2.75) is 0 Å². The largest absolute Gasteiger partial charge is 0.497 e. The van der Waals surface area contributed by atoms with E-state index in [4.69, 9.17) is 32.7 Å². The number of anilines is 2. The molecule has 0 spiro atoms. The summed E-state index contributed by atoms with van der Waals surface area (Å²) in [6.45, 7) is 0.0451. The number of hydrogen-bond donors (Lipinski definition) is 2. The fourth-order valence-electron chi connectivity index (χ4n) is 2.40. The van der Waals surface area contributed by atoms with Gasteiger partial charge < -0.3 is 20.1 Å². The number of likely N-dealkylation sites (N-methyl/N-ethyl adjacent to an activating group) is 1. The fourth-order valence-corrected chi connectivity index (χ4v) is 2.70. The van der Waals surface area contributed by atoms with E-state index >= 15 is 0 Å². The molecule has 0 aliphatic heterocycles.